The lowest BCUT2D eigenvalue weighted by molar-refractivity contribution is -0.133. The monoisotopic (exact) mass is 195 g/mol. The molecule has 2 fully saturated rings. The van der Waals surface area contributed by atoms with E-state index in [0.717, 1.165) is 12.8 Å². The average molecular weight is 195 g/mol. The van der Waals surface area contributed by atoms with Gasteiger partial charge < -0.3 is 0 Å². The number of carbonyl (C=O) groups excluding carboxylic acids is 2. The number of amides is 2. The molecule has 0 aromatic heterocycles. The van der Waals surface area contributed by atoms with Crippen molar-refractivity contribution in [1.82, 2.24) is 5.32 Å². The highest BCUT2D eigenvalue weighted by Crippen LogP contribution is 2.48. The van der Waals surface area contributed by atoms with Crippen LogP contribution in [-0.2, 0) is 9.59 Å². The summed E-state index contributed by atoms with van der Waals surface area (Å²) >= 11 is 0. The Balaban J connectivity index is 2.28. The van der Waals surface area contributed by atoms with Crippen molar-refractivity contribution < 1.29 is 9.59 Å². The van der Waals surface area contributed by atoms with Crippen molar-refractivity contribution in [2.75, 3.05) is 0 Å². The summed E-state index contributed by atoms with van der Waals surface area (Å²) in [6.07, 6.45) is 3.55. The molecule has 1 aliphatic carbocycles. The molecular formula is C11H17NO2. The quantitative estimate of drug-likeness (QED) is 0.595. The van der Waals surface area contributed by atoms with Crippen LogP contribution in [0.1, 0.15) is 39.5 Å². The Bertz CT molecular complexity index is 287. The normalized spacial score (nSPS) is 43.0. The van der Waals surface area contributed by atoms with Crippen LogP contribution < -0.4 is 5.32 Å². The van der Waals surface area contributed by atoms with Crippen molar-refractivity contribution in [1.29, 1.82) is 0 Å². The largest absolute Gasteiger partial charge is 0.296 e. The predicted molar refractivity (Wildman–Crippen MR) is 52.4 cm³/mol. The second-order valence-electron chi connectivity index (χ2n) is 5.00. The minimum atomic E-state index is -0.366. The predicted octanol–water partition coefficient (Wildman–Crippen LogP) is 1.48. The van der Waals surface area contributed by atoms with E-state index in [4.69, 9.17) is 0 Å². The second kappa shape index (κ2) is 3.07. The minimum absolute atomic E-state index is 0.0263. The number of hydrogen-bond acceptors (Lipinski definition) is 2. The lowest BCUT2D eigenvalue weighted by Crippen LogP contribution is -2.41. The Morgan fingerprint density at radius 1 is 1.29 bits per heavy atom. The Kier molecular flexibility index (Phi) is 2.13. The average Bonchev–Trinajstić information content (AvgIpc) is 2.36. The summed E-state index contributed by atoms with van der Waals surface area (Å²) in [5, 5.41) is 2.45. The lowest BCUT2D eigenvalue weighted by Gasteiger charge is -2.39. The number of rotatable bonds is 0. The van der Waals surface area contributed by atoms with Crippen molar-refractivity contribution in [2.45, 2.75) is 39.5 Å². The zero-order chi connectivity index (χ0) is 10.3. The summed E-state index contributed by atoms with van der Waals surface area (Å²) in [5.74, 6) is 0.811. The van der Waals surface area contributed by atoms with E-state index >= 15 is 0 Å². The van der Waals surface area contributed by atoms with Crippen molar-refractivity contribution in [3.05, 3.63) is 0 Å². The fraction of sp³-hybridized carbons (Fsp3) is 0.818. The van der Waals surface area contributed by atoms with Crippen LogP contribution in [0, 0.1) is 17.3 Å². The fourth-order valence-electron chi connectivity index (χ4n) is 2.96. The molecule has 2 amide bonds. The van der Waals surface area contributed by atoms with Gasteiger partial charge in [0.2, 0.25) is 11.8 Å². The fourth-order valence-corrected chi connectivity index (χ4v) is 2.96. The van der Waals surface area contributed by atoms with E-state index in [2.05, 4.69) is 19.2 Å². The van der Waals surface area contributed by atoms with Gasteiger partial charge in [-0.15, -0.1) is 0 Å². The zero-order valence-corrected chi connectivity index (χ0v) is 8.80. The molecule has 3 atom stereocenters. The van der Waals surface area contributed by atoms with Crippen LogP contribution in [-0.4, -0.2) is 11.8 Å². The molecule has 0 radical (unpaired) electrons. The highest BCUT2D eigenvalue weighted by molar-refractivity contribution is 6.06. The van der Waals surface area contributed by atoms with Gasteiger partial charge in [0.05, 0.1) is 5.41 Å². The maximum atomic E-state index is 11.8. The van der Waals surface area contributed by atoms with Crippen molar-refractivity contribution >= 4 is 11.8 Å². The van der Waals surface area contributed by atoms with Crippen LogP contribution in [0.4, 0.5) is 0 Å². The number of imide groups is 1. The minimum Gasteiger partial charge on any atom is -0.296 e. The van der Waals surface area contributed by atoms with Crippen LogP contribution in [0.25, 0.3) is 0 Å². The van der Waals surface area contributed by atoms with Gasteiger partial charge in [0.15, 0.2) is 0 Å². The summed E-state index contributed by atoms with van der Waals surface area (Å²) in [5.41, 5.74) is -0.366. The van der Waals surface area contributed by atoms with Crippen molar-refractivity contribution in [2.24, 2.45) is 17.3 Å². The van der Waals surface area contributed by atoms with Crippen LogP contribution in [0.5, 0.6) is 0 Å². The van der Waals surface area contributed by atoms with E-state index in [1.165, 1.54) is 6.42 Å². The Morgan fingerprint density at radius 2 is 2.00 bits per heavy atom. The van der Waals surface area contributed by atoms with Gasteiger partial charge in [-0.05, 0) is 24.7 Å². The topological polar surface area (TPSA) is 46.2 Å². The standard InChI is InChI=1S/C11H17NO2/c1-7-3-4-8(2)11(5-7)6-9(13)12-10(11)14/h7-8H,3-6H2,1-2H3,(H,12,13,14). The SMILES string of the molecule is CC1CCC(C)C2(CC(=O)NC2=O)C1. The van der Waals surface area contributed by atoms with Crippen LogP contribution in [0.15, 0.2) is 0 Å². The van der Waals surface area contributed by atoms with Gasteiger partial charge in [0, 0.05) is 6.42 Å². The molecule has 1 heterocycles. The maximum Gasteiger partial charge on any atom is 0.233 e. The van der Waals surface area contributed by atoms with Gasteiger partial charge in [-0.25, -0.2) is 0 Å². The number of carbonyl (C=O) groups is 2. The molecule has 3 heteroatoms. The van der Waals surface area contributed by atoms with Gasteiger partial charge in [-0.3, -0.25) is 14.9 Å². The van der Waals surface area contributed by atoms with E-state index in [-0.39, 0.29) is 17.2 Å². The van der Waals surface area contributed by atoms with Gasteiger partial charge in [-0.2, -0.15) is 0 Å². The molecule has 1 saturated heterocycles. The summed E-state index contributed by atoms with van der Waals surface area (Å²) in [4.78, 5) is 23.0. The molecule has 78 valence electrons. The molecule has 2 rings (SSSR count). The molecule has 1 saturated carbocycles. The van der Waals surface area contributed by atoms with E-state index < -0.39 is 0 Å². The highest BCUT2D eigenvalue weighted by atomic mass is 16.2. The molecule has 3 unspecified atom stereocenters. The molecule has 0 aromatic rings. The van der Waals surface area contributed by atoms with E-state index in [0.29, 0.717) is 18.3 Å². The van der Waals surface area contributed by atoms with E-state index in [1.54, 1.807) is 0 Å². The smallest absolute Gasteiger partial charge is 0.233 e. The Labute approximate surface area is 84.2 Å². The van der Waals surface area contributed by atoms with Gasteiger partial charge >= 0.3 is 0 Å². The van der Waals surface area contributed by atoms with Crippen LogP contribution in [0.2, 0.25) is 0 Å². The molecule has 0 bridgehead atoms. The molecule has 1 aliphatic heterocycles. The Hall–Kier alpha value is -0.860. The zero-order valence-electron chi connectivity index (χ0n) is 8.80. The summed E-state index contributed by atoms with van der Waals surface area (Å²) in [6.45, 7) is 4.27. The van der Waals surface area contributed by atoms with E-state index in [1.807, 2.05) is 0 Å². The Morgan fingerprint density at radius 3 is 2.57 bits per heavy atom. The number of nitrogens with one attached hydrogen (secondary N) is 1. The third-order valence-electron chi connectivity index (χ3n) is 3.93. The lowest BCUT2D eigenvalue weighted by atomic mass is 9.63. The second-order valence-corrected chi connectivity index (χ2v) is 5.00. The van der Waals surface area contributed by atoms with Gasteiger partial charge in [0.25, 0.3) is 0 Å². The first-order chi connectivity index (χ1) is 6.54. The first kappa shape index (κ1) is 9.69. The first-order valence-corrected chi connectivity index (χ1v) is 5.39. The van der Waals surface area contributed by atoms with Crippen molar-refractivity contribution in [3.8, 4) is 0 Å². The third kappa shape index (κ3) is 1.26. The van der Waals surface area contributed by atoms with Crippen molar-refractivity contribution in [3.63, 3.8) is 0 Å². The number of hydrogen-bond donors (Lipinski definition) is 1. The van der Waals surface area contributed by atoms with Crippen LogP contribution >= 0.6 is 0 Å². The summed E-state index contributed by atoms with van der Waals surface area (Å²) in [7, 11) is 0. The molecule has 0 aromatic carbocycles. The van der Waals surface area contributed by atoms with E-state index in [9.17, 15) is 9.59 Å². The molecular weight excluding hydrogens is 178 g/mol. The highest BCUT2D eigenvalue weighted by Gasteiger charge is 2.52. The molecule has 1 spiro atoms. The first-order valence-electron chi connectivity index (χ1n) is 5.39. The van der Waals surface area contributed by atoms with Gasteiger partial charge in [-0.1, -0.05) is 20.3 Å². The summed E-state index contributed by atoms with van der Waals surface area (Å²) < 4.78 is 0. The van der Waals surface area contributed by atoms with Crippen LogP contribution in [0.3, 0.4) is 0 Å². The molecule has 1 N–H and O–H groups in total. The molecule has 3 nitrogen and oxygen atoms in total. The summed E-state index contributed by atoms with van der Waals surface area (Å²) in [6, 6.07) is 0. The van der Waals surface area contributed by atoms with Gasteiger partial charge in [0.1, 0.15) is 0 Å². The maximum absolute atomic E-state index is 11.8. The molecule has 14 heavy (non-hydrogen) atoms. The molecule has 2 aliphatic rings. The third-order valence-corrected chi connectivity index (χ3v) is 3.93.